The molecule has 0 fully saturated rings. The number of nitrogens with two attached hydrogens (primary N) is 1. The van der Waals surface area contributed by atoms with Gasteiger partial charge in [-0.05, 0) is 24.6 Å². The lowest BCUT2D eigenvalue weighted by molar-refractivity contribution is 0.470. The van der Waals surface area contributed by atoms with E-state index in [1.54, 1.807) is 11.8 Å². The van der Waals surface area contributed by atoms with Gasteiger partial charge in [0.1, 0.15) is 0 Å². The maximum atomic E-state index is 5.85. The largest absolute Gasteiger partial charge is 0.424 e. The number of aryl methyl sites for hydroxylation is 1. The smallest absolute Gasteiger partial charge is 0.226 e. The Bertz CT molecular complexity index is 510. The summed E-state index contributed by atoms with van der Waals surface area (Å²) in [6.07, 6.45) is 0.773. The van der Waals surface area contributed by atoms with Gasteiger partial charge in [0, 0.05) is 17.0 Å². The third kappa shape index (κ3) is 2.79. The predicted octanol–water partition coefficient (Wildman–Crippen LogP) is 2.81. The third-order valence-electron chi connectivity index (χ3n) is 2.49. The summed E-state index contributed by atoms with van der Waals surface area (Å²) < 4.78 is 5.45. The first kappa shape index (κ1) is 12.0. The number of aromatic nitrogens is 2. The highest BCUT2D eigenvalue weighted by Crippen LogP contribution is 2.28. The van der Waals surface area contributed by atoms with Crippen molar-refractivity contribution in [1.82, 2.24) is 10.2 Å². The Kier molecular flexibility index (Phi) is 3.68. The summed E-state index contributed by atoms with van der Waals surface area (Å²) >= 11 is 1.66. The summed E-state index contributed by atoms with van der Waals surface area (Å²) in [6, 6.07) is 5.91. The number of thioether (sulfide) groups is 1. The quantitative estimate of drug-likeness (QED) is 0.666. The van der Waals surface area contributed by atoms with Gasteiger partial charge in [-0.25, -0.2) is 0 Å². The molecule has 2 rings (SSSR count). The molecule has 1 aromatic heterocycles. The van der Waals surface area contributed by atoms with E-state index in [9.17, 15) is 0 Å². The lowest BCUT2D eigenvalue weighted by Crippen LogP contribution is -1.91. The van der Waals surface area contributed by atoms with Gasteiger partial charge in [0.05, 0.1) is 5.75 Å². The molecule has 0 spiro atoms. The van der Waals surface area contributed by atoms with Crippen LogP contribution in [0.4, 0.5) is 5.69 Å². The Morgan fingerprint density at radius 1 is 1.29 bits per heavy atom. The average Bonchev–Trinajstić information content (AvgIpc) is 2.79. The molecule has 0 radical (unpaired) electrons. The van der Waals surface area contributed by atoms with Crippen LogP contribution in [-0.4, -0.2) is 10.2 Å². The highest BCUT2D eigenvalue weighted by Gasteiger charge is 2.07. The number of rotatable bonds is 4. The zero-order chi connectivity index (χ0) is 12.3. The van der Waals surface area contributed by atoms with Crippen molar-refractivity contribution in [2.24, 2.45) is 0 Å². The van der Waals surface area contributed by atoms with Crippen LogP contribution in [0.25, 0.3) is 0 Å². The first-order valence-corrected chi connectivity index (χ1v) is 6.48. The van der Waals surface area contributed by atoms with Crippen LogP contribution in [0.3, 0.4) is 0 Å². The fourth-order valence-electron chi connectivity index (χ4n) is 1.42. The van der Waals surface area contributed by atoms with E-state index in [1.165, 1.54) is 0 Å². The minimum absolute atomic E-state index is 0.661. The second-order valence-corrected chi connectivity index (χ2v) is 4.72. The molecule has 0 unspecified atom stereocenters. The molecule has 1 aromatic carbocycles. The number of nitrogens with zero attached hydrogens (tertiary/aromatic N) is 2. The van der Waals surface area contributed by atoms with Crippen LogP contribution in [0, 0.1) is 6.92 Å². The van der Waals surface area contributed by atoms with Gasteiger partial charge in [-0.15, -0.1) is 22.0 Å². The van der Waals surface area contributed by atoms with E-state index in [4.69, 9.17) is 10.2 Å². The molecule has 0 aliphatic carbocycles. The molecule has 4 nitrogen and oxygen atoms in total. The second kappa shape index (κ2) is 5.23. The van der Waals surface area contributed by atoms with Crippen molar-refractivity contribution < 1.29 is 4.42 Å². The van der Waals surface area contributed by atoms with Gasteiger partial charge in [0.25, 0.3) is 0 Å². The van der Waals surface area contributed by atoms with Crippen LogP contribution in [0.2, 0.25) is 0 Å². The van der Waals surface area contributed by atoms with Crippen LogP contribution in [0.15, 0.2) is 27.5 Å². The molecule has 0 amide bonds. The molecule has 0 bridgehead atoms. The van der Waals surface area contributed by atoms with Crippen molar-refractivity contribution in [3.8, 4) is 0 Å². The van der Waals surface area contributed by atoms with Crippen molar-refractivity contribution in [3.05, 3.63) is 35.5 Å². The molecule has 0 aliphatic rings. The van der Waals surface area contributed by atoms with E-state index in [0.29, 0.717) is 17.5 Å². The Balaban J connectivity index is 2.04. The highest BCUT2D eigenvalue weighted by atomic mass is 32.2. The second-order valence-electron chi connectivity index (χ2n) is 3.70. The van der Waals surface area contributed by atoms with Crippen molar-refractivity contribution >= 4 is 17.4 Å². The van der Waals surface area contributed by atoms with E-state index in [-0.39, 0.29) is 0 Å². The minimum atomic E-state index is 0.661. The first-order valence-electron chi connectivity index (χ1n) is 5.50. The molecule has 0 aliphatic heterocycles. The SMILES string of the molecule is CCc1nnc(CSc2cccc(N)c2C)o1. The van der Waals surface area contributed by atoms with Crippen LogP contribution < -0.4 is 5.73 Å². The van der Waals surface area contributed by atoms with Gasteiger partial charge < -0.3 is 10.2 Å². The lowest BCUT2D eigenvalue weighted by Gasteiger charge is -2.05. The Morgan fingerprint density at radius 3 is 2.76 bits per heavy atom. The van der Waals surface area contributed by atoms with Gasteiger partial charge in [-0.3, -0.25) is 0 Å². The van der Waals surface area contributed by atoms with Crippen molar-refractivity contribution in [2.45, 2.75) is 30.9 Å². The molecule has 17 heavy (non-hydrogen) atoms. The zero-order valence-electron chi connectivity index (χ0n) is 9.93. The van der Waals surface area contributed by atoms with Crippen LogP contribution in [0.1, 0.15) is 24.3 Å². The highest BCUT2D eigenvalue weighted by molar-refractivity contribution is 7.98. The number of nitrogen functional groups attached to an aromatic ring is 1. The summed E-state index contributed by atoms with van der Waals surface area (Å²) in [6.45, 7) is 4.01. The molecule has 2 N–H and O–H groups in total. The minimum Gasteiger partial charge on any atom is -0.424 e. The monoisotopic (exact) mass is 249 g/mol. The summed E-state index contributed by atoms with van der Waals surface area (Å²) in [4.78, 5) is 1.15. The van der Waals surface area contributed by atoms with Gasteiger partial charge in [0.15, 0.2) is 0 Å². The summed E-state index contributed by atoms with van der Waals surface area (Å²) in [7, 11) is 0. The molecule has 2 aromatic rings. The topological polar surface area (TPSA) is 64.9 Å². The number of hydrogen-bond acceptors (Lipinski definition) is 5. The summed E-state index contributed by atoms with van der Waals surface area (Å²) in [5.74, 6) is 2.02. The van der Waals surface area contributed by atoms with E-state index in [1.807, 2.05) is 32.0 Å². The lowest BCUT2D eigenvalue weighted by atomic mass is 10.2. The van der Waals surface area contributed by atoms with Crippen molar-refractivity contribution in [2.75, 3.05) is 5.73 Å². The normalized spacial score (nSPS) is 10.7. The zero-order valence-corrected chi connectivity index (χ0v) is 10.8. The molecular weight excluding hydrogens is 234 g/mol. The number of hydrogen-bond donors (Lipinski definition) is 1. The fraction of sp³-hybridized carbons (Fsp3) is 0.333. The van der Waals surface area contributed by atoms with Crippen LogP contribution in [-0.2, 0) is 12.2 Å². The fourth-order valence-corrected chi connectivity index (χ4v) is 2.32. The maximum absolute atomic E-state index is 5.85. The molecular formula is C12H15N3OS. The third-order valence-corrected chi connectivity index (χ3v) is 3.63. The van der Waals surface area contributed by atoms with E-state index >= 15 is 0 Å². The van der Waals surface area contributed by atoms with Crippen molar-refractivity contribution in [3.63, 3.8) is 0 Å². The Morgan fingerprint density at radius 2 is 2.06 bits per heavy atom. The van der Waals surface area contributed by atoms with Crippen molar-refractivity contribution in [1.29, 1.82) is 0 Å². The number of anilines is 1. The van der Waals surface area contributed by atoms with Crippen LogP contribution in [0.5, 0.6) is 0 Å². The molecule has 5 heteroatoms. The maximum Gasteiger partial charge on any atom is 0.226 e. The molecule has 0 saturated carbocycles. The van der Waals surface area contributed by atoms with E-state index < -0.39 is 0 Å². The van der Waals surface area contributed by atoms with Gasteiger partial charge >= 0.3 is 0 Å². The first-order chi connectivity index (χ1) is 8.20. The number of benzene rings is 1. The van der Waals surface area contributed by atoms with E-state index in [0.717, 1.165) is 22.6 Å². The average molecular weight is 249 g/mol. The predicted molar refractivity (Wildman–Crippen MR) is 68.8 cm³/mol. The molecule has 0 saturated heterocycles. The Hall–Kier alpha value is -1.49. The standard InChI is InChI=1S/C12H15N3OS/c1-3-11-14-15-12(16-11)7-17-10-6-4-5-9(13)8(10)2/h4-6H,3,7,13H2,1-2H3. The van der Waals surface area contributed by atoms with Gasteiger partial charge in [-0.2, -0.15) is 0 Å². The molecule has 0 atom stereocenters. The van der Waals surface area contributed by atoms with Gasteiger partial charge in [-0.1, -0.05) is 13.0 Å². The molecule has 90 valence electrons. The van der Waals surface area contributed by atoms with Gasteiger partial charge in [0.2, 0.25) is 11.8 Å². The Labute approximate surface area is 105 Å². The van der Waals surface area contributed by atoms with E-state index in [2.05, 4.69) is 10.2 Å². The summed E-state index contributed by atoms with van der Waals surface area (Å²) in [5.41, 5.74) is 7.77. The molecule has 1 heterocycles. The van der Waals surface area contributed by atoms with Crippen LogP contribution >= 0.6 is 11.8 Å². The summed E-state index contributed by atoms with van der Waals surface area (Å²) in [5, 5.41) is 7.92.